The SMILES string of the molecule is CCc1ccccc1N1C(S)=C(C#N)C(=O)NC1c1ccco1. The highest BCUT2D eigenvalue weighted by molar-refractivity contribution is 7.84. The van der Waals surface area contributed by atoms with Crippen molar-refractivity contribution in [2.24, 2.45) is 0 Å². The first-order valence-electron chi connectivity index (χ1n) is 7.22. The van der Waals surface area contributed by atoms with Crippen LogP contribution in [0.15, 0.2) is 57.7 Å². The molecule has 1 unspecified atom stereocenters. The smallest absolute Gasteiger partial charge is 0.266 e. The number of carbonyl (C=O) groups is 1. The Morgan fingerprint density at radius 2 is 2.13 bits per heavy atom. The maximum Gasteiger partial charge on any atom is 0.266 e. The lowest BCUT2D eigenvalue weighted by molar-refractivity contribution is -0.118. The molecule has 2 heterocycles. The van der Waals surface area contributed by atoms with Gasteiger partial charge in [-0.05, 0) is 30.2 Å². The highest BCUT2D eigenvalue weighted by Gasteiger charge is 2.36. The molecule has 116 valence electrons. The van der Waals surface area contributed by atoms with Crippen molar-refractivity contribution in [1.29, 1.82) is 5.26 Å². The van der Waals surface area contributed by atoms with Crippen molar-refractivity contribution in [1.82, 2.24) is 5.32 Å². The molecule has 2 aromatic rings. The number of benzene rings is 1. The lowest BCUT2D eigenvalue weighted by atomic mass is 10.1. The number of anilines is 1. The molecule has 0 saturated carbocycles. The summed E-state index contributed by atoms with van der Waals surface area (Å²) >= 11 is 4.46. The number of nitriles is 1. The standard InChI is InChI=1S/C17H15N3O2S/c1-2-11-6-3-4-7-13(11)20-15(14-8-5-9-22-14)19-16(21)12(10-18)17(20)23/h3-9,15,23H,2H2,1H3,(H,19,21). The number of amides is 1. The minimum absolute atomic E-state index is 0.0120. The van der Waals surface area contributed by atoms with Crippen molar-refractivity contribution in [3.8, 4) is 6.07 Å². The number of furan rings is 1. The molecule has 0 bridgehead atoms. The number of hydrogen-bond acceptors (Lipinski definition) is 5. The molecule has 1 amide bonds. The van der Waals surface area contributed by atoms with Gasteiger partial charge >= 0.3 is 0 Å². The average Bonchev–Trinajstić information content (AvgIpc) is 3.09. The fourth-order valence-electron chi connectivity index (χ4n) is 2.65. The van der Waals surface area contributed by atoms with E-state index in [9.17, 15) is 10.1 Å². The summed E-state index contributed by atoms with van der Waals surface area (Å²) < 4.78 is 5.47. The summed E-state index contributed by atoms with van der Waals surface area (Å²) in [6, 6.07) is 13.3. The third kappa shape index (κ3) is 2.60. The van der Waals surface area contributed by atoms with Crippen LogP contribution in [0.2, 0.25) is 0 Å². The minimum Gasteiger partial charge on any atom is -0.465 e. The van der Waals surface area contributed by atoms with E-state index in [1.807, 2.05) is 35.2 Å². The fraction of sp³-hybridized carbons (Fsp3) is 0.176. The molecule has 6 heteroatoms. The number of rotatable bonds is 3. The van der Waals surface area contributed by atoms with Crippen LogP contribution in [0.3, 0.4) is 0 Å². The normalized spacial score (nSPS) is 17.9. The first-order valence-corrected chi connectivity index (χ1v) is 7.66. The molecule has 1 N–H and O–H groups in total. The van der Waals surface area contributed by atoms with Gasteiger partial charge in [0, 0.05) is 5.69 Å². The molecule has 0 aliphatic carbocycles. The summed E-state index contributed by atoms with van der Waals surface area (Å²) in [7, 11) is 0. The van der Waals surface area contributed by atoms with Gasteiger partial charge in [0.05, 0.1) is 11.3 Å². The quantitative estimate of drug-likeness (QED) is 0.851. The number of para-hydroxylation sites is 1. The fourth-order valence-corrected chi connectivity index (χ4v) is 3.02. The largest absolute Gasteiger partial charge is 0.465 e. The molecular weight excluding hydrogens is 310 g/mol. The van der Waals surface area contributed by atoms with Crippen LogP contribution in [0.1, 0.15) is 24.4 Å². The van der Waals surface area contributed by atoms with Gasteiger partial charge in [-0.1, -0.05) is 25.1 Å². The van der Waals surface area contributed by atoms with Crippen molar-refractivity contribution >= 4 is 24.2 Å². The van der Waals surface area contributed by atoms with E-state index in [0.29, 0.717) is 10.8 Å². The second-order valence-corrected chi connectivity index (χ2v) is 5.48. The van der Waals surface area contributed by atoms with E-state index < -0.39 is 12.1 Å². The highest BCUT2D eigenvalue weighted by atomic mass is 32.1. The van der Waals surface area contributed by atoms with Crippen molar-refractivity contribution < 1.29 is 9.21 Å². The minimum atomic E-state index is -0.546. The number of hydrogen-bond donors (Lipinski definition) is 2. The zero-order valence-corrected chi connectivity index (χ0v) is 13.4. The Balaban J connectivity index is 2.20. The van der Waals surface area contributed by atoms with Gasteiger partial charge in [0.1, 0.15) is 17.4 Å². The molecule has 0 saturated heterocycles. The molecule has 1 aromatic heterocycles. The predicted octanol–water partition coefficient (Wildman–Crippen LogP) is 3.14. The van der Waals surface area contributed by atoms with E-state index in [1.165, 1.54) is 0 Å². The number of nitrogens with zero attached hydrogens (tertiary/aromatic N) is 2. The molecule has 5 nitrogen and oxygen atoms in total. The Morgan fingerprint density at radius 1 is 1.35 bits per heavy atom. The van der Waals surface area contributed by atoms with E-state index in [0.717, 1.165) is 17.7 Å². The van der Waals surface area contributed by atoms with Crippen molar-refractivity contribution in [2.75, 3.05) is 4.90 Å². The van der Waals surface area contributed by atoms with E-state index in [2.05, 4.69) is 24.9 Å². The Kier molecular flexibility index (Phi) is 4.13. The molecule has 0 radical (unpaired) electrons. The van der Waals surface area contributed by atoms with Gasteiger partial charge in [0.2, 0.25) is 0 Å². The molecule has 1 atom stereocenters. The second-order valence-electron chi connectivity index (χ2n) is 5.05. The summed E-state index contributed by atoms with van der Waals surface area (Å²) in [4.78, 5) is 14.0. The summed E-state index contributed by atoms with van der Waals surface area (Å²) in [5.74, 6) is 0.122. The molecule has 3 rings (SSSR count). The maximum atomic E-state index is 12.2. The van der Waals surface area contributed by atoms with E-state index in [-0.39, 0.29) is 5.57 Å². The van der Waals surface area contributed by atoms with Gasteiger partial charge in [-0.3, -0.25) is 4.79 Å². The van der Waals surface area contributed by atoms with Crippen LogP contribution in [-0.2, 0) is 11.2 Å². The Morgan fingerprint density at radius 3 is 2.78 bits per heavy atom. The Labute approximate surface area is 139 Å². The van der Waals surface area contributed by atoms with Crippen LogP contribution in [-0.4, -0.2) is 5.91 Å². The molecule has 23 heavy (non-hydrogen) atoms. The lowest BCUT2D eigenvalue weighted by Crippen LogP contribution is -2.46. The van der Waals surface area contributed by atoms with E-state index in [1.54, 1.807) is 18.4 Å². The number of carbonyl (C=O) groups excluding carboxylic acids is 1. The van der Waals surface area contributed by atoms with Crippen LogP contribution in [0.5, 0.6) is 0 Å². The third-order valence-corrected chi connectivity index (χ3v) is 4.20. The third-order valence-electron chi connectivity index (χ3n) is 3.76. The van der Waals surface area contributed by atoms with Crippen LogP contribution in [0, 0.1) is 11.3 Å². The Bertz CT molecular complexity index is 805. The van der Waals surface area contributed by atoms with Gasteiger partial charge in [-0.2, -0.15) is 5.26 Å². The molecular formula is C17H15N3O2S. The summed E-state index contributed by atoms with van der Waals surface area (Å²) in [6.07, 6.45) is 1.82. The van der Waals surface area contributed by atoms with Crippen LogP contribution < -0.4 is 10.2 Å². The van der Waals surface area contributed by atoms with Gasteiger partial charge in [0.25, 0.3) is 5.91 Å². The number of thiol groups is 1. The summed E-state index contributed by atoms with van der Waals surface area (Å²) in [5.41, 5.74) is 1.96. The number of nitrogens with one attached hydrogen (secondary N) is 1. The average molecular weight is 325 g/mol. The molecule has 1 aliphatic heterocycles. The first kappa shape index (κ1) is 15.3. The van der Waals surface area contributed by atoms with Crippen LogP contribution in [0.25, 0.3) is 0 Å². The molecule has 1 aromatic carbocycles. The second kappa shape index (κ2) is 6.23. The predicted molar refractivity (Wildman–Crippen MR) is 89.5 cm³/mol. The zero-order valence-electron chi connectivity index (χ0n) is 12.5. The summed E-state index contributed by atoms with van der Waals surface area (Å²) in [5, 5.41) is 12.4. The Hall–Kier alpha value is -2.65. The molecule has 0 fully saturated rings. The highest BCUT2D eigenvalue weighted by Crippen LogP contribution is 2.37. The van der Waals surface area contributed by atoms with Crippen molar-refractivity contribution in [3.63, 3.8) is 0 Å². The zero-order chi connectivity index (χ0) is 16.4. The maximum absolute atomic E-state index is 12.2. The van der Waals surface area contributed by atoms with E-state index >= 15 is 0 Å². The van der Waals surface area contributed by atoms with Crippen molar-refractivity contribution in [3.05, 3.63) is 64.6 Å². The van der Waals surface area contributed by atoms with Gasteiger partial charge < -0.3 is 14.6 Å². The monoisotopic (exact) mass is 325 g/mol. The lowest BCUT2D eigenvalue weighted by Gasteiger charge is -2.37. The molecule has 0 spiro atoms. The van der Waals surface area contributed by atoms with E-state index in [4.69, 9.17) is 4.42 Å². The first-order chi connectivity index (χ1) is 11.2. The van der Waals surface area contributed by atoms with Gasteiger partial charge in [-0.15, -0.1) is 12.6 Å². The van der Waals surface area contributed by atoms with Gasteiger partial charge in [0.15, 0.2) is 6.17 Å². The van der Waals surface area contributed by atoms with Crippen LogP contribution in [0.4, 0.5) is 5.69 Å². The molecule has 1 aliphatic rings. The number of aryl methyl sites for hydroxylation is 1. The topological polar surface area (TPSA) is 69.3 Å². The van der Waals surface area contributed by atoms with Crippen LogP contribution >= 0.6 is 12.6 Å². The summed E-state index contributed by atoms with van der Waals surface area (Å²) in [6.45, 7) is 2.05. The van der Waals surface area contributed by atoms with Crippen molar-refractivity contribution in [2.45, 2.75) is 19.5 Å². The van der Waals surface area contributed by atoms with Gasteiger partial charge in [-0.25, -0.2) is 0 Å².